The molecule has 0 aromatic heterocycles. The van der Waals surface area contributed by atoms with E-state index in [1.165, 1.54) is 30.4 Å². The second kappa shape index (κ2) is 50.0. The van der Waals surface area contributed by atoms with Crippen molar-refractivity contribution >= 4 is 55.6 Å². The van der Waals surface area contributed by atoms with E-state index in [-0.39, 0.29) is 79.6 Å². The Morgan fingerprint density at radius 1 is 0.416 bits per heavy atom. The van der Waals surface area contributed by atoms with E-state index >= 15 is 0 Å². The molecule has 0 spiro atoms. The van der Waals surface area contributed by atoms with Gasteiger partial charge >= 0.3 is 12.2 Å². The van der Waals surface area contributed by atoms with E-state index in [1.807, 2.05) is 47.6 Å². The van der Waals surface area contributed by atoms with Crippen molar-refractivity contribution in [2.24, 2.45) is 0 Å². The Kier molecular flexibility index (Phi) is 50.2. The van der Waals surface area contributed by atoms with Crippen molar-refractivity contribution in [3.63, 3.8) is 0 Å². The predicted octanol–water partition coefficient (Wildman–Crippen LogP) is 21.2. The van der Waals surface area contributed by atoms with E-state index in [4.69, 9.17) is 53.5 Å². The van der Waals surface area contributed by atoms with Crippen molar-refractivity contribution in [2.45, 2.75) is 379 Å². The Labute approximate surface area is 715 Å². The van der Waals surface area contributed by atoms with Gasteiger partial charge in [0, 0.05) is 133 Å². The number of halogens is 1. The number of benzene rings is 2. The molecule has 4 aliphatic heterocycles. The summed E-state index contributed by atoms with van der Waals surface area (Å²) in [7, 11) is -3.07. The molecular weight excluding hydrogens is 1600 g/mol. The number of piperidine rings is 4. The Balaban J connectivity index is 0. The molecule has 0 radical (unpaired) electrons. The number of hydrogen-bond acceptors (Lipinski definition) is 16. The number of methoxy groups -OCH3 is 2. The summed E-state index contributed by atoms with van der Waals surface area (Å²) in [5.74, 6) is 0. The number of likely N-dealkylation sites (tertiary alicyclic amines) is 4. The molecule has 7 rings (SSSR count). The molecule has 18 nitrogen and oxygen atoms in total. The van der Waals surface area contributed by atoms with Crippen molar-refractivity contribution in [1.29, 1.82) is 0 Å². The van der Waals surface area contributed by atoms with Gasteiger partial charge in [0.25, 0.3) is 0 Å². The van der Waals surface area contributed by atoms with Crippen LogP contribution in [0.2, 0.25) is 72.5 Å². The largest absolute Gasteiger partial charge is 0.444 e. The number of hydrogen-bond donors (Lipinski definition) is 5. The number of carbonyl (C=O) groups is 2. The van der Waals surface area contributed by atoms with Gasteiger partial charge in [-0.15, -0.1) is 0 Å². The molecule has 4 heterocycles. The van der Waals surface area contributed by atoms with Crippen LogP contribution in [0.1, 0.15) is 266 Å². The van der Waals surface area contributed by atoms with Crippen molar-refractivity contribution in [2.75, 3.05) is 99.6 Å². The zero-order valence-electron chi connectivity index (χ0n) is 76.7. The summed E-state index contributed by atoms with van der Waals surface area (Å²) in [6.07, 6.45) is 15.2. The summed E-state index contributed by atoms with van der Waals surface area (Å²) >= 11 is 6.15. The third kappa shape index (κ3) is 43.6. The topological polar surface area (TPSA) is 213 Å². The van der Waals surface area contributed by atoms with Crippen LogP contribution in [0.5, 0.6) is 0 Å². The molecule has 2 aromatic rings. The van der Waals surface area contributed by atoms with Crippen molar-refractivity contribution in [3.05, 3.63) is 78.7 Å². The zero-order valence-corrected chi connectivity index (χ0v) is 83.0. The van der Waals surface area contributed by atoms with Crippen molar-refractivity contribution in [3.8, 4) is 0 Å². The minimum atomic E-state index is -1.78. The van der Waals surface area contributed by atoms with Crippen molar-refractivity contribution in [1.82, 2.24) is 19.6 Å². The van der Waals surface area contributed by atoms with Gasteiger partial charge in [-0.2, -0.15) is 18.0 Å². The van der Waals surface area contributed by atoms with Gasteiger partial charge in [0.2, 0.25) is 0 Å². The van der Waals surface area contributed by atoms with E-state index in [2.05, 4.69) is 207 Å². The van der Waals surface area contributed by atoms with Crippen LogP contribution in [0.25, 0.3) is 0 Å². The van der Waals surface area contributed by atoms with E-state index in [0.29, 0.717) is 70.1 Å². The van der Waals surface area contributed by atoms with Gasteiger partial charge in [0.1, 0.15) is 11.2 Å². The molecule has 0 unspecified atom stereocenters. The molecule has 0 bridgehead atoms. The molecule has 113 heavy (non-hydrogen) atoms. The number of amides is 2. The first-order chi connectivity index (χ1) is 50.8. The minimum Gasteiger partial charge on any atom is -0.444 e. The summed E-state index contributed by atoms with van der Waals surface area (Å²) in [6.45, 7) is 71.4. The van der Waals surface area contributed by atoms with Crippen LogP contribution < -0.4 is 0 Å². The average Bonchev–Trinajstić information content (AvgIpc) is 0.825. The van der Waals surface area contributed by atoms with Gasteiger partial charge in [-0.1, -0.05) is 184 Å². The number of nitrogens with zero attached hydrogens (tertiary/aromatic N) is 4. The van der Waals surface area contributed by atoms with Gasteiger partial charge in [0.05, 0.1) is 28.0 Å². The number of aliphatic hydroxyl groups is 5. The van der Waals surface area contributed by atoms with Gasteiger partial charge in [-0.05, 0) is 208 Å². The fourth-order valence-corrected chi connectivity index (χ4v) is 15.5. The van der Waals surface area contributed by atoms with Crippen LogP contribution in [0.3, 0.4) is 0 Å². The summed E-state index contributed by atoms with van der Waals surface area (Å²) in [4.78, 5) is 32.6. The van der Waals surface area contributed by atoms with Gasteiger partial charge in [-0.3, -0.25) is 9.80 Å². The summed E-state index contributed by atoms with van der Waals surface area (Å²) < 4.78 is 40.9. The third-order valence-corrected chi connectivity index (χ3v) is 43.7. The van der Waals surface area contributed by atoms with E-state index < -0.39 is 60.3 Å². The quantitative estimate of drug-likeness (QED) is 0.0421. The standard InChI is InChI=1S/C20H35NO2Si.C19H39NO4Si.C18H37NO4Si.C14H21NO2.C9H18O2.C6H15ClSi.C2H5.CH4.Pd/c1-19(2,3)24(4,5)23-16-13-20(22)11-14-21(15-12-20)17-18-9-7-6-8-10-18;1-17(2,3)24-16(21)20-13-10-19(22-7,11-14-20)12-15-23-25(8,9)18(4,5)6;1-16(2,3)23-15(20)19-12-9-18(21,10-13-19)11-14-22-24(7,8)17(4,5)6;16-11-8-14(17)6-9-15(10-7-14)12-13-4-2-1-3-5-13;1-11-9(7-8-10)5-3-2-4-6-9;1-6(2,3)8(4,5)7;1-2;;/h6-10,22H,11-17H2,1-5H3;10-15H2,1-9H3;21H,9-14H2,1-8H3;1-5,16-17H,6-12H2;10H,2-8H2,1H3;1-5H3;1H2,2H3;1H4;/q;;;;;;-1;;. The zero-order chi connectivity index (χ0) is 85.5. The van der Waals surface area contributed by atoms with E-state index in [9.17, 15) is 24.9 Å². The maximum absolute atomic E-state index is 12.2. The number of aliphatic hydroxyl groups excluding tert-OH is 2. The third-order valence-electron chi connectivity index (χ3n) is 24.8. The van der Waals surface area contributed by atoms with Crippen LogP contribution in [-0.2, 0) is 65.7 Å². The second-order valence-corrected chi connectivity index (χ2v) is 61.9. The maximum Gasteiger partial charge on any atom is 0.410 e. The number of ether oxygens (including phenoxy) is 4. The van der Waals surface area contributed by atoms with Gasteiger partial charge < -0.3 is 74.5 Å². The Hall–Kier alpha value is -1.68. The Bertz CT molecular complexity index is 2820. The number of carbonyl (C=O) groups excluding carboxylic acids is 2. The van der Waals surface area contributed by atoms with Crippen LogP contribution in [0.15, 0.2) is 60.7 Å². The molecule has 668 valence electrons. The molecule has 0 atom stereocenters. The molecular formula is C89H174ClN4O14PdSi4-. The van der Waals surface area contributed by atoms with Crippen LogP contribution in [0, 0.1) is 6.92 Å². The molecule has 5 fully saturated rings. The predicted molar refractivity (Wildman–Crippen MR) is 481 cm³/mol. The molecule has 1 aliphatic carbocycles. The molecule has 1 saturated carbocycles. The first-order valence-electron chi connectivity index (χ1n) is 42.1. The van der Waals surface area contributed by atoms with Gasteiger partial charge in [0.15, 0.2) is 32.3 Å². The molecule has 2 aromatic carbocycles. The smallest absolute Gasteiger partial charge is 0.410 e. The van der Waals surface area contributed by atoms with E-state index in [0.717, 1.165) is 117 Å². The summed E-state index contributed by atoms with van der Waals surface area (Å²) in [6, 6.07) is 21.0. The Morgan fingerprint density at radius 3 is 0.947 bits per heavy atom. The van der Waals surface area contributed by atoms with Crippen LogP contribution in [-0.4, -0.2) is 228 Å². The normalized spacial score (nSPS) is 18.8. The average molecular weight is 1780 g/mol. The first-order valence-corrected chi connectivity index (χ1v) is 54.8. The molecule has 5 aliphatic rings. The number of rotatable bonds is 22. The molecule has 24 heteroatoms. The molecule has 4 saturated heterocycles. The van der Waals surface area contributed by atoms with Crippen molar-refractivity contribution < 1.29 is 87.8 Å². The summed E-state index contributed by atoms with van der Waals surface area (Å²) in [5.41, 5.74) is -0.359. The molecule has 5 N–H and O–H groups in total. The van der Waals surface area contributed by atoms with Crippen LogP contribution >= 0.6 is 11.1 Å². The van der Waals surface area contributed by atoms with Gasteiger partial charge in [-0.25, -0.2) is 9.59 Å². The monoisotopic (exact) mass is 1780 g/mol. The molecule has 2 amide bonds. The second-order valence-electron chi connectivity index (χ2n) is 40.2. The van der Waals surface area contributed by atoms with Crippen LogP contribution in [0.4, 0.5) is 9.59 Å². The fourth-order valence-electron chi connectivity index (χ4n) is 12.4. The first kappa shape index (κ1) is 113. The summed E-state index contributed by atoms with van der Waals surface area (Å²) in [5, 5.41) is 50.5. The SMILES string of the molecule is C.CC(C)(C)OC(=O)N1CCC(O)(CCO[Si](C)(C)C(C)(C)C)CC1.CC(C)(C)[Si](C)(C)Cl.CC(C)(C)[Si](C)(C)OCCC1(O)CCN(Cc2ccccc2)CC1.COC1(CCO)CCCCC1.COC1(CCO[Si](C)(C)C(C)(C)C)CCN(C(=O)OC(C)(C)C)CC1.OCCC1(O)CCN(Cc2ccccc2)CC1.[CH2-]C.[Pd]. The maximum atomic E-state index is 12.2. The fraction of sp³-hybridized carbons (Fsp3) is 0.831. The minimum absolute atomic E-state index is 0. The Morgan fingerprint density at radius 2 is 0.681 bits per heavy atom. The van der Waals surface area contributed by atoms with E-state index in [1.54, 1.807) is 30.9 Å².